The highest BCUT2D eigenvalue weighted by molar-refractivity contribution is 7.91. The van der Waals surface area contributed by atoms with Gasteiger partial charge in [-0.3, -0.25) is 4.79 Å². The third-order valence-electron chi connectivity index (χ3n) is 3.54. The van der Waals surface area contributed by atoms with Gasteiger partial charge in [0.05, 0.1) is 12.5 Å². The zero-order valence-corrected chi connectivity index (χ0v) is 13.1. The number of nitrogens with one attached hydrogen (secondary N) is 1. The summed E-state index contributed by atoms with van der Waals surface area (Å²) in [6.07, 6.45) is 2.72. The monoisotopic (exact) mass is 333 g/mol. The molecule has 0 aliphatic heterocycles. The number of aliphatic carboxylic acids is 1. The quantitative estimate of drug-likeness (QED) is 0.726. The molecule has 1 aromatic heterocycles. The van der Waals surface area contributed by atoms with Gasteiger partial charge in [0.25, 0.3) is 0 Å². The zero-order chi connectivity index (χ0) is 15.5. The predicted molar refractivity (Wildman–Crippen MR) is 78.8 cm³/mol. The van der Waals surface area contributed by atoms with Crippen LogP contribution in [0, 0.1) is 5.92 Å². The lowest BCUT2D eigenvalue weighted by molar-refractivity contribution is -0.136. The normalized spacial score (nSPS) is 23.1. The first-order chi connectivity index (χ1) is 9.87. The van der Waals surface area contributed by atoms with E-state index in [0.717, 1.165) is 30.6 Å². The first-order valence-corrected chi connectivity index (χ1v) is 9.15. The molecule has 1 aromatic rings. The smallest absolute Gasteiger partial charge is 0.308 e. The topological polar surface area (TPSA) is 104 Å². The van der Waals surface area contributed by atoms with Crippen molar-refractivity contribution in [1.82, 2.24) is 4.72 Å². The molecule has 0 aromatic carbocycles. The highest BCUT2D eigenvalue weighted by Gasteiger charge is 2.23. The van der Waals surface area contributed by atoms with Crippen LogP contribution in [0.25, 0.3) is 0 Å². The third-order valence-corrected chi connectivity index (χ3v) is 6.55. The van der Waals surface area contributed by atoms with Crippen LogP contribution in [0.2, 0.25) is 0 Å². The summed E-state index contributed by atoms with van der Waals surface area (Å²) in [5, 5.41) is 18.3. The van der Waals surface area contributed by atoms with Crippen LogP contribution in [0.4, 0.5) is 0 Å². The SMILES string of the molecule is O=C(O)Cc1ccc(S(=O)(=O)NCC2CCCC(O)C2)s1. The van der Waals surface area contributed by atoms with Crippen molar-refractivity contribution in [3.63, 3.8) is 0 Å². The van der Waals surface area contributed by atoms with Crippen LogP contribution in [-0.4, -0.2) is 37.2 Å². The summed E-state index contributed by atoms with van der Waals surface area (Å²) in [7, 11) is -3.60. The summed E-state index contributed by atoms with van der Waals surface area (Å²) >= 11 is 0.975. The first-order valence-electron chi connectivity index (χ1n) is 6.85. The Morgan fingerprint density at radius 3 is 2.81 bits per heavy atom. The standard InChI is InChI=1S/C13H19NO5S2/c15-10-3-1-2-9(6-10)8-14-21(18,19)13-5-4-11(20-13)7-12(16)17/h4-5,9-10,14-15H,1-3,6-8H2,(H,16,17). The molecule has 0 radical (unpaired) electrons. The summed E-state index contributed by atoms with van der Waals surface area (Å²) in [6, 6.07) is 2.96. The Morgan fingerprint density at radius 1 is 1.38 bits per heavy atom. The summed E-state index contributed by atoms with van der Waals surface area (Å²) in [6.45, 7) is 0.311. The summed E-state index contributed by atoms with van der Waals surface area (Å²) < 4.78 is 27.0. The average molecular weight is 333 g/mol. The zero-order valence-electron chi connectivity index (χ0n) is 11.5. The van der Waals surface area contributed by atoms with E-state index in [1.807, 2.05) is 0 Å². The van der Waals surface area contributed by atoms with Gasteiger partial charge in [0.15, 0.2) is 0 Å². The average Bonchev–Trinajstić information content (AvgIpc) is 2.85. The number of carboxylic acid groups (broad SMARTS) is 1. The van der Waals surface area contributed by atoms with E-state index >= 15 is 0 Å². The molecule has 2 unspecified atom stereocenters. The minimum absolute atomic E-state index is 0.134. The van der Waals surface area contributed by atoms with Crippen molar-refractivity contribution >= 4 is 27.3 Å². The number of aliphatic hydroxyl groups is 1. The van der Waals surface area contributed by atoms with E-state index < -0.39 is 16.0 Å². The van der Waals surface area contributed by atoms with Crippen molar-refractivity contribution < 1.29 is 23.4 Å². The van der Waals surface area contributed by atoms with Crippen molar-refractivity contribution in [3.8, 4) is 0 Å². The van der Waals surface area contributed by atoms with Crippen LogP contribution < -0.4 is 4.72 Å². The van der Waals surface area contributed by atoms with Gasteiger partial charge in [0.2, 0.25) is 10.0 Å². The lowest BCUT2D eigenvalue weighted by Crippen LogP contribution is -2.32. The molecule has 118 valence electrons. The van der Waals surface area contributed by atoms with Crippen LogP contribution in [0.5, 0.6) is 0 Å². The van der Waals surface area contributed by atoms with Crippen molar-refractivity contribution in [3.05, 3.63) is 17.0 Å². The Kier molecular flexibility index (Phi) is 5.37. The number of carboxylic acids is 1. The van der Waals surface area contributed by atoms with Crippen LogP contribution in [-0.2, 0) is 21.2 Å². The maximum Gasteiger partial charge on any atom is 0.308 e. The van der Waals surface area contributed by atoms with Gasteiger partial charge in [-0.05, 0) is 37.3 Å². The van der Waals surface area contributed by atoms with E-state index in [4.69, 9.17) is 5.11 Å². The number of sulfonamides is 1. The fourth-order valence-corrected chi connectivity index (χ4v) is 5.00. The van der Waals surface area contributed by atoms with Crippen molar-refractivity contribution in [2.24, 2.45) is 5.92 Å². The van der Waals surface area contributed by atoms with Crippen LogP contribution in [0.15, 0.2) is 16.3 Å². The second kappa shape index (κ2) is 6.87. The molecule has 6 nitrogen and oxygen atoms in total. The second-order valence-corrected chi connectivity index (χ2v) is 8.49. The fraction of sp³-hybridized carbons (Fsp3) is 0.615. The number of hydrogen-bond donors (Lipinski definition) is 3. The van der Waals surface area contributed by atoms with Gasteiger partial charge in [-0.15, -0.1) is 11.3 Å². The molecule has 0 bridgehead atoms. The Labute approximate surface area is 127 Å². The minimum atomic E-state index is -3.60. The largest absolute Gasteiger partial charge is 0.481 e. The lowest BCUT2D eigenvalue weighted by Gasteiger charge is -2.25. The highest BCUT2D eigenvalue weighted by Crippen LogP contribution is 2.25. The number of thiophene rings is 1. The van der Waals surface area contributed by atoms with Gasteiger partial charge < -0.3 is 10.2 Å². The number of hydrogen-bond acceptors (Lipinski definition) is 5. The Morgan fingerprint density at radius 2 is 2.14 bits per heavy atom. The van der Waals surface area contributed by atoms with Crippen LogP contribution in [0.1, 0.15) is 30.6 Å². The fourth-order valence-electron chi connectivity index (χ4n) is 2.49. The molecule has 8 heteroatoms. The van der Waals surface area contributed by atoms with Crippen molar-refractivity contribution in [1.29, 1.82) is 0 Å². The molecule has 0 amide bonds. The molecule has 21 heavy (non-hydrogen) atoms. The highest BCUT2D eigenvalue weighted by atomic mass is 32.2. The number of rotatable bonds is 6. The van der Waals surface area contributed by atoms with E-state index in [2.05, 4.69) is 4.72 Å². The van der Waals surface area contributed by atoms with E-state index in [0.29, 0.717) is 17.8 Å². The molecule has 1 fully saturated rings. The molecule has 1 aliphatic carbocycles. The molecule has 2 atom stereocenters. The van der Waals surface area contributed by atoms with Gasteiger partial charge in [0.1, 0.15) is 4.21 Å². The van der Waals surface area contributed by atoms with Gasteiger partial charge >= 0.3 is 5.97 Å². The van der Waals surface area contributed by atoms with E-state index in [-0.39, 0.29) is 22.7 Å². The minimum Gasteiger partial charge on any atom is -0.481 e. The van der Waals surface area contributed by atoms with Gasteiger partial charge in [0, 0.05) is 11.4 Å². The van der Waals surface area contributed by atoms with Crippen LogP contribution >= 0.6 is 11.3 Å². The van der Waals surface area contributed by atoms with Crippen LogP contribution in [0.3, 0.4) is 0 Å². The predicted octanol–water partition coefficient (Wildman–Crippen LogP) is 1.20. The van der Waals surface area contributed by atoms with E-state index in [1.165, 1.54) is 12.1 Å². The number of aliphatic hydroxyl groups excluding tert-OH is 1. The molecule has 0 saturated heterocycles. The van der Waals surface area contributed by atoms with Gasteiger partial charge in [-0.25, -0.2) is 13.1 Å². The van der Waals surface area contributed by atoms with Gasteiger partial charge in [-0.2, -0.15) is 0 Å². The van der Waals surface area contributed by atoms with E-state index in [1.54, 1.807) is 0 Å². The molecular weight excluding hydrogens is 314 g/mol. The number of carbonyl (C=O) groups is 1. The Hall–Kier alpha value is -0.960. The molecule has 0 spiro atoms. The van der Waals surface area contributed by atoms with Crippen molar-refractivity contribution in [2.75, 3.05) is 6.54 Å². The molecule has 1 saturated carbocycles. The van der Waals surface area contributed by atoms with Crippen molar-refractivity contribution in [2.45, 2.75) is 42.4 Å². The van der Waals surface area contributed by atoms with E-state index in [9.17, 15) is 18.3 Å². The maximum absolute atomic E-state index is 12.1. The van der Waals surface area contributed by atoms with Gasteiger partial charge in [-0.1, -0.05) is 6.42 Å². The molecule has 3 N–H and O–H groups in total. The second-order valence-electron chi connectivity index (χ2n) is 5.33. The summed E-state index contributed by atoms with van der Waals surface area (Å²) in [5.41, 5.74) is 0. The lowest BCUT2D eigenvalue weighted by atomic mass is 9.87. The summed E-state index contributed by atoms with van der Waals surface area (Å²) in [5.74, 6) is -0.827. The maximum atomic E-state index is 12.1. The Balaban J connectivity index is 1.94. The first kappa shape index (κ1) is 16.4. The molecule has 1 heterocycles. The molecule has 2 rings (SSSR count). The Bertz CT molecular complexity index is 595. The summed E-state index contributed by atoms with van der Waals surface area (Å²) in [4.78, 5) is 11.1. The third kappa shape index (κ3) is 4.77. The molecule has 1 aliphatic rings. The molecular formula is C13H19NO5S2.